The molecule has 15 rings (SSSR count). The van der Waals surface area contributed by atoms with E-state index < -0.39 is 0 Å². The summed E-state index contributed by atoms with van der Waals surface area (Å²) < 4.78 is 12.4. The molecule has 67 heavy (non-hydrogen) atoms. The average molecular weight is 1020 g/mol. The quantitative estimate of drug-likeness (QED) is 0.179. The molecule has 5 heterocycles. The Hall–Kier alpha value is -7.00. The van der Waals surface area contributed by atoms with Crippen molar-refractivity contribution in [2.24, 2.45) is 0 Å². The summed E-state index contributed by atoms with van der Waals surface area (Å²) in [6, 6.07) is 78.4. The van der Waals surface area contributed by atoms with E-state index in [1.165, 1.54) is 117 Å². The number of para-hydroxylation sites is 6. The third-order valence-corrected chi connectivity index (χ3v) is 16.2. The van der Waals surface area contributed by atoms with Gasteiger partial charge >= 0.3 is 0 Å². The maximum atomic E-state index is 3.51. The summed E-state index contributed by atoms with van der Waals surface area (Å²) in [4.78, 5) is 3.38. The van der Waals surface area contributed by atoms with Crippen molar-refractivity contribution in [3.05, 3.63) is 227 Å². The fourth-order valence-corrected chi connectivity index (χ4v) is 12.8. The van der Waals surface area contributed by atoms with E-state index in [-0.39, 0.29) is 0 Å². The van der Waals surface area contributed by atoms with Crippen LogP contribution in [0.2, 0.25) is 0 Å². The average Bonchev–Trinajstić information content (AvgIpc) is 4.19. The lowest BCUT2D eigenvalue weighted by Crippen LogP contribution is -1.94. The third-order valence-electron chi connectivity index (χ3n) is 12.9. The van der Waals surface area contributed by atoms with Gasteiger partial charge in [-0.1, -0.05) is 141 Å². The smallest absolute Gasteiger partial charge is 0.0541 e. The standard InChI is InChI=1S/C36H22N2S.C12H6Br2S.C12H9N/c1-5-13-31-25(9-1)26-10-2-6-14-32(26)37(31)23-17-19-35-29(21-23)30-22-24(18-20-36(30)39-35)38-33-15-7-3-11-27(33)28-12-4-8-16-34(28)38;13-7-1-3-11-9(5-7)10-6-8(14)2-4-12(10)15-11;1-3-7-11-9(5-1)10-6-2-4-8-12(10)13-11/h1-22H;1-6H;1-8,13H. The molecule has 0 unspecified atom stereocenters. The largest absolute Gasteiger partial charge is 0.355 e. The maximum Gasteiger partial charge on any atom is 0.0541 e. The van der Waals surface area contributed by atoms with Gasteiger partial charge in [-0.3, -0.25) is 0 Å². The van der Waals surface area contributed by atoms with Crippen molar-refractivity contribution >= 4 is 160 Å². The van der Waals surface area contributed by atoms with E-state index in [1.54, 1.807) is 0 Å². The zero-order chi connectivity index (χ0) is 44.6. The first-order valence-corrected chi connectivity index (χ1v) is 25.4. The van der Waals surface area contributed by atoms with Crippen LogP contribution in [0, 0.1) is 0 Å². The molecule has 0 saturated carbocycles. The number of rotatable bonds is 2. The van der Waals surface area contributed by atoms with Crippen molar-refractivity contribution in [3.8, 4) is 11.4 Å². The van der Waals surface area contributed by atoms with Crippen molar-refractivity contribution < 1.29 is 0 Å². The van der Waals surface area contributed by atoms with E-state index in [0.29, 0.717) is 0 Å². The highest BCUT2D eigenvalue weighted by Crippen LogP contribution is 2.41. The summed E-state index contributed by atoms with van der Waals surface area (Å²) in [6.07, 6.45) is 0. The van der Waals surface area contributed by atoms with Crippen molar-refractivity contribution in [2.75, 3.05) is 0 Å². The van der Waals surface area contributed by atoms with Crippen molar-refractivity contribution in [3.63, 3.8) is 0 Å². The SMILES string of the molecule is Brc1ccc2sc3ccc(Br)cc3c2c1.c1ccc2c(c1)[nH]c1ccccc12.c1ccc2c(c1)c1ccccc1n2-c1ccc2sc3ccc(-n4c5ccccc5c5ccccc54)cc3c2c1. The molecule has 3 nitrogen and oxygen atoms in total. The summed E-state index contributed by atoms with van der Waals surface area (Å²) in [5, 5.41) is 13.0. The highest BCUT2D eigenvalue weighted by atomic mass is 79.9. The number of fused-ring (bicyclic) bond motifs is 15. The van der Waals surface area contributed by atoms with E-state index >= 15 is 0 Å². The Bertz CT molecular complexity index is 4010. The molecular weight excluding hydrogens is 987 g/mol. The van der Waals surface area contributed by atoms with Gasteiger partial charge in [-0.05, 0) is 109 Å². The Labute approximate surface area is 410 Å². The molecule has 0 saturated heterocycles. The number of benzene rings is 10. The minimum Gasteiger partial charge on any atom is -0.355 e. The second-order valence-electron chi connectivity index (χ2n) is 16.8. The van der Waals surface area contributed by atoms with Crippen molar-refractivity contribution in [1.82, 2.24) is 14.1 Å². The summed E-state index contributed by atoms with van der Waals surface area (Å²) in [6.45, 7) is 0. The highest BCUT2D eigenvalue weighted by Gasteiger charge is 2.16. The molecule has 0 aliphatic carbocycles. The Morgan fingerprint density at radius 3 is 0.955 bits per heavy atom. The predicted molar refractivity (Wildman–Crippen MR) is 299 cm³/mol. The lowest BCUT2D eigenvalue weighted by molar-refractivity contribution is 1.18. The molecule has 15 aromatic rings. The van der Waals surface area contributed by atoms with Gasteiger partial charge in [-0.2, -0.15) is 0 Å². The lowest BCUT2D eigenvalue weighted by Gasteiger charge is -2.09. The first kappa shape index (κ1) is 40.3. The zero-order valence-electron chi connectivity index (χ0n) is 35.8. The van der Waals surface area contributed by atoms with Gasteiger partial charge in [0.15, 0.2) is 0 Å². The molecule has 0 aliphatic rings. The number of H-pyrrole nitrogens is 1. The molecule has 10 aromatic carbocycles. The number of thiophene rings is 2. The van der Waals surface area contributed by atoms with Crippen LogP contribution < -0.4 is 0 Å². The van der Waals surface area contributed by atoms with Crippen LogP contribution in [-0.2, 0) is 0 Å². The molecule has 318 valence electrons. The number of hydrogen-bond acceptors (Lipinski definition) is 2. The van der Waals surface area contributed by atoms with Crippen molar-refractivity contribution in [1.29, 1.82) is 0 Å². The van der Waals surface area contributed by atoms with Crippen LogP contribution >= 0.6 is 54.5 Å². The summed E-state index contributed by atoms with van der Waals surface area (Å²) in [5.74, 6) is 0. The van der Waals surface area contributed by atoms with E-state index in [0.717, 1.165) is 8.95 Å². The van der Waals surface area contributed by atoms with Gasteiger partial charge in [0.25, 0.3) is 0 Å². The molecule has 5 aromatic heterocycles. The number of halogens is 2. The molecule has 0 radical (unpaired) electrons. The summed E-state index contributed by atoms with van der Waals surface area (Å²) in [7, 11) is 0. The molecule has 0 bridgehead atoms. The first-order chi connectivity index (χ1) is 33.0. The number of aromatic nitrogens is 3. The van der Waals surface area contributed by atoms with Gasteiger partial charge in [0.05, 0.1) is 22.1 Å². The van der Waals surface area contributed by atoms with Gasteiger partial charge in [0, 0.05) is 104 Å². The summed E-state index contributed by atoms with van der Waals surface area (Å²) >= 11 is 10.7. The Balaban J connectivity index is 0.000000129. The second kappa shape index (κ2) is 16.4. The minimum atomic E-state index is 1.13. The fraction of sp³-hybridized carbons (Fsp3) is 0. The fourth-order valence-electron chi connectivity index (χ4n) is 9.95. The molecule has 1 N–H and O–H groups in total. The monoisotopic (exact) mass is 1020 g/mol. The molecule has 0 spiro atoms. The topological polar surface area (TPSA) is 25.6 Å². The van der Waals surface area contributed by atoms with Crippen LogP contribution in [-0.4, -0.2) is 14.1 Å². The maximum absolute atomic E-state index is 3.51. The predicted octanol–water partition coefficient (Wildman–Crippen LogP) is 19.1. The highest BCUT2D eigenvalue weighted by molar-refractivity contribution is 9.10. The first-order valence-electron chi connectivity index (χ1n) is 22.2. The van der Waals surface area contributed by atoms with E-state index in [1.807, 2.05) is 22.7 Å². The Morgan fingerprint density at radius 2 is 0.582 bits per heavy atom. The van der Waals surface area contributed by atoms with Gasteiger partial charge in [0.2, 0.25) is 0 Å². The van der Waals surface area contributed by atoms with Crippen molar-refractivity contribution in [2.45, 2.75) is 0 Å². The molecular formula is C60H37Br2N3S2. The second-order valence-corrected chi connectivity index (χ2v) is 20.8. The van der Waals surface area contributed by atoms with E-state index in [4.69, 9.17) is 0 Å². The summed E-state index contributed by atoms with van der Waals surface area (Å²) in [5.41, 5.74) is 9.77. The lowest BCUT2D eigenvalue weighted by atomic mass is 10.1. The molecule has 0 aliphatic heterocycles. The van der Waals surface area contributed by atoms with Crippen LogP contribution in [0.15, 0.2) is 227 Å². The molecule has 7 heteroatoms. The van der Waals surface area contributed by atoms with E-state index in [9.17, 15) is 0 Å². The van der Waals surface area contributed by atoms with Crippen LogP contribution in [0.5, 0.6) is 0 Å². The minimum absolute atomic E-state index is 1.13. The van der Waals surface area contributed by atoms with Gasteiger partial charge in [0.1, 0.15) is 0 Å². The van der Waals surface area contributed by atoms with Crippen LogP contribution in [0.3, 0.4) is 0 Å². The third kappa shape index (κ3) is 6.87. The Kier molecular flexibility index (Phi) is 9.86. The number of nitrogens with one attached hydrogen (secondary N) is 1. The van der Waals surface area contributed by atoms with Crippen LogP contribution in [0.25, 0.3) is 117 Å². The van der Waals surface area contributed by atoms with Gasteiger partial charge in [-0.15, -0.1) is 22.7 Å². The number of hydrogen-bond donors (Lipinski definition) is 1. The van der Waals surface area contributed by atoms with E-state index in [2.05, 4.69) is 264 Å². The molecule has 0 atom stereocenters. The van der Waals surface area contributed by atoms with Gasteiger partial charge in [-0.25, -0.2) is 0 Å². The van der Waals surface area contributed by atoms with Crippen LogP contribution in [0.1, 0.15) is 0 Å². The molecule has 0 amide bonds. The van der Waals surface area contributed by atoms with Gasteiger partial charge < -0.3 is 14.1 Å². The zero-order valence-corrected chi connectivity index (χ0v) is 40.6. The van der Waals surface area contributed by atoms with Crippen LogP contribution in [0.4, 0.5) is 0 Å². The number of nitrogens with zero attached hydrogens (tertiary/aromatic N) is 2. The molecule has 0 fully saturated rings. The normalized spacial score (nSPS) is 11.7. The Morgan fingerprint density at radius 1 is 0.284 bits per heavy atom. The number of aromatic amines is 1.